The van der Waals surface area contributed by atoms with Gasteiger partial charge in [-0.2, -0.15) is 0 Å². The van der Waals surface area contributed by atoms with E-state index in [2.05, 4.69) is 37.6 Å². The molecule has 6 rings (SSSR count). The summed E-state index contributed by atoms with van der Waals surface area (Å²) in [7, 11) is 1.85. The summed E-state index contributed by atoms with van der Waals surface area (Å²) in [6.45, 7) is 7.46. The summed E-state index contributed by atoms with van der Waals surface area (Å²) in [6, 6.07) is 8.51. The van der Waals surface area contributed by atoms with Crippen molar-refractivity contribution in [1.82, 2.24) is 25.1 Å². The predicted molar refractivity (Wildman–Crippen MR) is 156 cm³/mol. The van der Waals surface area contributed by atoms with Crippen molar-refractivity contribution in [1.29, 1.82) is 0 Å². The van der Waals surface area contributed by atoms with Crippen LogP contribution in [0.3, 0.4) is 0 Å². The van der Waals surface area contributed by atoms with Crippen LogP contribution in [0.4, 0.5) is 27.8 Å². The highest BCUT2D eigenvalue weighted by Gasteiger charge is 2.36. The highest BCUT2D eigenvalue weighted by molar-refractivity contribution is 5.96. The third kappa shape index (κ3) is 5.39. The van der Waals surface area contributed by atoms with Crippen LogP contribution < -0.4 is 26.2 Å². The number of hydrogen-bond acceptors (Lipinski definition) is 8. The molecule has 0 bridgehead atoms. The van der Waals surface area contributed by atoms with Crippen molar-refractivity contribution in [2.24, 2.45) is 11.1 Å². The van der Waals surface area contributed by atoms with Crippen LogP contribution in [0.5, 0.6) is 0 Å². The Hall–Kier alpha value is -3.60. The minimum absolute atomic E-state index is 0.0860. The fraction of sp³-hybridized carbons (Fsp3) is 0.586. The molecule has 11 nitrogen and oxygen atoms in total. The van der Waals surface area contributed by atoms with Gasteiger partial charge in [-0.1, -0.05) is 0 Å². The van der Waals surface area contributed by atoms with Gasteiger partial charge in [0.1, 0.15) is 5.82 Å². The first kappa shape index (κ1) is 26.6. The van der Waals surface area contributed by atoms with E-state index in [1.54, 1.807) is 11.1 Å². The molecule has 2 aromatic rings. The van der Waals surface area contributed by atoms with E-state index in [4.69, 9.17) is 10.7 Å². The summed E-state index contributed by atoms with van der Waals surface area (Å²) in [6.07, 6.45) is 8.61. The Morgan fingerprint density at radius 1 is 1.05 bits per heavy atom. The average Bonchev–Trinajstić information content (AvgIpc) is 3.32. The van der Waals surface area contributed by atoms with E-state index in [-0.39, 0.29) is 17.8 Å². The lowest BCUT2D eigenvalue weighted by atomic mass is 9.73. The van der Waals surface area contributed by atoms with Crippen molar-refractivity contribution >= 4 is 34.9 Å². The van der Waals surface area contributed by atoms with Gasteiger partial charge < -0.3 is 36.0 Å². The van der Waals surface area contributed by atoms with Gasteiger partial charge in [0.05, 0.1) is 12.2 Å². The largest absolute Gasteiger partial charge is 0.371 e. The Balaban J connectivity index is 1.14. The number of aromatic nitrogens is 2. The molecule has 40 heavy (non-hydrogen) atoms. The lowest BCUT2D eigenvalue weighted by Crippen LogP contribution is -2.49. The van der Waals surface area contributed by atoms with Crippen LogP contribution in [0.2, 0.25) is 0 Å². The monoisotopic (exact) mass is 547 g/mol. The van der Waals surface area contributed by atoms with E-state index >= 15 is 0 Å². The van der Waals surface area contributed by atoms with Crippen LogP contribution in [0.15, 0.2) is 30.5 Å². The number of nitrogens with one attached hydrogen (secondary N) is 2. The molecule has 214 valence electrons. The minimum atomic E-state index is -0.625. The Labute approximate surface area is 236 Å². The van der Waals surface area contributed by atoms with Crippen LogP contribution in [-0.2, 0) is 0 Å². The molecule has 3 amide bonds. The third-order valence-corrected chi connectivity index (χ3v) is 9.28. The molecule has 1 spiro atoms. The molecule has 0 saturated carbocycles. The minimum Gasteiger partial charge on any atom is -0.371 e. The molecule has 11 heteroatoms. The maximum absolute atomic E-state index is 12.6. The van der Waals surface area contributed by atoms with Gasteiger partial charge in [-0.05, 0) is 74.8 Å². The first-order valence-electron chi connectivity index (χ1n) is 14.7. The van der Waals surface area contributed by atoms with E-state index in [0.717, 1.165) is 64.3 Å². The summed E-state index contributed by atoms with van der Waals surface area (Å²) >= 11 is 0. The third-order valence-electron chi connectivity index (χ3n) is 9.28. The molecule has 4 aliphatic heterocycles. The first-order chi connectivity index (χ1) is 19.4. The number of carbonyl (C=O) groups is 2. The SMILES string of the molecule is CN1CCN([C@@H]2CCCN(c3cnc(C(N)=O)c(Nc4ccc(N5CCC6(CCCNC6)CC5)cc4)n3)C2)C1=O. The molecule has 4 N–H and O–H groups in total. The molecule has 4 saturated heterocycles. The molecule has 1 aromatic heterocycles. The average molecular weight is 548 g/mol. The van der Waals surface area contributed by atoms with Crippen molar-refractivity contribution in [2.75, 3.05) is 74.5 Å². The molecular weight excluding hydrogens is 506 g/mol. The van der Waals surface area contributed by atoms with Gasteiger partial charge >= 0.3 is 6.03 Å². The van der Waals surface area contributed by atoms with Gasteiger partial charge in [-0.15, -0.1) is 0 Å². The number of nitrogens with zero attached hydrogens (tertiary/aromatic N) is 6. The number of urea groups is 1. The van der Waals surface area contributed by atoms with E-state index < -0.39 is 5.91 Å². The highest BCUT2D eigenvalue weighted by Crippen LogP contribution is 2.38. The number of primary amides is 1. The number of hydrogen-bond donors (Lipinski definition) is 3. The molecule has 0 radical (unpaired) electrons. The predicted octanol–water partition coefficient (Wildman–Crippen LogP) is 2.63. The van der Waals surface area contributed by atoms with E-state index in [1.165, 1.54) is 31.4 Å². The zero-order valence-electron chi connectivity index (χ0n) is 23.4. The van der Waals surface area contributed by atoms with Gasteiger partial charge in [0, 0.05) is 64.2 Å². The second-order valence-corrected chi connectivity index (χ2v) is 11.9. The summed E-state index contributed by atoms with van der Waals surface area (Å²) < 4.78 is 0. The Morgan fingerprint density at radius 3 is 2.52 bits per heavy atom. The molecule has 5 heterocycles. The molecule has 0 unspecified atom stereocenters. The maximum atomic E-state index is 12.6. The van der Waals surface area contributed by atoms with Crippen LogP contribution in [0.25, 0.3) is 0 Å². The van der Waals surface area contributed by atoms with E-state index in [9.17, 15) is 9.59 Å². The summed E-state index contributed by atoms with van der Waals surface area (Å²) in [5, 5.41) is 6.88. The van der Waals surface area contributed by atoms with E-state index in [1.807, 2.05) is 24.1 Å². The van der Waals surface area contributed by atoms with Crippen molar-refractivity contribution in [2.45, 2.75) is 44.6 Å². The van der Waals surface area contributed by atoms with Crippen molar-refractivity contribution in [3.63, 3.8) is 0 Å². The topological polar surface area (TPSA) is 123 Å². The first-order valence-corrected chi connectivity index (χ1v) is 14.7. The van der Waals surface area contributed by atoms with Gasteiger partial charge in [-0.25, -0.2) is 14.8 Å². The maximum Gasteiger partial charge on any atom is 0.320 e. The molecule has 0 aliphatic carbocycles. The fourth-order valence-corrected chi connectivity index (χ4v) is 6.81. The summed E-state index contributed by atoms with van der Waals surface area (Å²) in [4.78, 5) is 42.3. The number of likely N-dealkylation sites (N-methyl/N-ethyl adjacent to an activating group) is 1. The van der Waals surface area contributed by atoms with Crippen molar-refractivity contribution in [3.8, 4) is 0 Å². The van der Waals surface area contributed by atoms with Crippen LogP contribution in [0, 0.1) is 5.41 Å². The summed E-state index contributed by atoms with van der Waals surface area (Å²) in [5.41, 5.74) is 8.27. The van der Waals surface area contributed by atoms with Crippen LogP contribution in [0.1, 0.15) is 49.0 Å². The summed E-state index contributed by atoms with van der Waals surface area (Å²) in [5.74, 6) is 0.398. The quantitative estimate of drug-likeness (QED) is 0.505. The number of benzene rings is 1. The van der Waals surface area contributed by atoms with Crippen LogP contribution in [-0.4, -0.2) is 97.2 Å². The van der Waals surface area contributed by atoms with Gasteiger partial charge in [0.25, 0.3) is 5.91 Å². The molecule has 1 atom stereocenters. The number of carbonyl (C=O) groups excluding carboxylic acids is 2. The smallest absolute Gasteiger partial charge is 0.320 e. The second kappa shape index (κ2) is 11.1. The number of amides is 3. The Kier molecular flexibility index (Phi) is 7.39. The zero-order chi connectivity index (χ0) is 27.7. The van der Waals surface area contributed by atoms with Crippen LogP contribution >= 0.6 is 0 Å². The number of anilines is 4. The molecule has 4 fully saturated rings. The Bertz CT molecular complexity index is 1220. The lowest BCUT2D eigenvalue weighted by Gasteiger charge is -2.45. The normalized spacial score (nSPS) is 23.1. The standard InChI is InChI=1S/C29H41N9O2/c1-35-16-17-38(28(35)40)23-4-2-13-37(19-23)24-18-32-25(26(30)39)27(34-24)33-21-5-7-22(8-6-21)36-14-10-29(11-15-36)9-3-12-31-20-29/h5-8,18,23,31H,2-4,9-17,19-20H2,1H3,(H2,30,39)(H,33,34)/t23-/m1/s1. The van der Waals surface area contributed by atoms with Gasteiger partial charge in [-0.3, -0.25) is 4.79 Å². The van der Waals surface area contributed by atoms with Gasteiger partial charge in [0.2, 0.25) is 0 Å². The zero-order valence-corrected chi connectivity index (χ0v) is 23.4. The number of piperidine rings is 3. The van der Waals surface area contributed by atoms with E-state index in [0.29, 0.717) is 23.6 Å². The van der Waals surface area contributed by atoms with Crippen molar-refractivity contribution < 1.29 is 9.59 Å². The highest BCUT2D eigenvalue weighted by atomic mass is 16.2. The van der Waals surface area contributed by atoms with Crippen molar-refractivity contribution in [3.05, 3.63) is 36.2 Å². The number of nitrogens with two attached hydrogens (primary N) is 1. The molecule has 4 aliphatic rings. The Morgan fingerprint density at radius 2 is 1.85 bits per heavy atom. The van der Waals surface area contributed by atoms with Gasteiger partial charge in [0.15, 0.2) is 11.5 Å². The lowest BCUT2D eigenvalue weighted by molar-refractivity contribution is 0.0996. The molecule has 1 aromatic carbocycles. The molecular formula is C29H41N9O2. The fourth-order valence-electron chi connectivity index (χ4n) is 6.81. The second-order valence-electron chi connectivity index (χ2n) is 11.9. The number of rotatable bonds is 6.